The van der Waals surface area contributed by atoms with Crippen LogP contribution in [0.1, 0.15) is 19.3 Å². The molecule has 10 heavy (non-hydrogen) atoms. The van der Waals surface area contributed by atoms with E-state index in [1.165, 1.54) is 19.3 Å². The molecule has 1 rings (SSSR count). The third-order valence-corrected chi connectivity index (χ3v) is 2.18. The van der Waals surface area contributed by atoms with Crippen molar-refractivity contribution in [3.05, 3.63) is 0 Å². The summed E-state index contributed by atoms with van der Waals surface area (Å²) in [5.74, 6) is 0.833. The van der Waals surface area contributed by atoms with Gasteiger partial charge in [0.2, 0.25) is 0 Å². The van der Waals surface area contributed by atoms with E-state index in [4.69, 9.17) is 16.5 Å². The molecule has 0 aromatic rings. The van der Waals surface area contributed by atoms with Crippen LogP contribution in [0.5, 0.6) is 0 Å². The van der Waals surface area contributed by atoms with E-state index >= 15 is 0 Å². The molecule has 0 atom stereocenters. The minimum absolute atomic E-state index is 0.833. The van der Waals surface area contributed by atoms with Crippen molar-refractivity contribution in [3.8, 4) is 0 Å². The predicted molar refractivity (Wildman–Crippen MR) is 42.0 cm³/mol. The standard InChI is InChI=1S/C7H14ClNO/c8-9-4-1-7-2-5-10-6-3-7/h7,9H,1-6H2. The molecule has 1 fully saturated rings. The molecule has 1 saturated heterocycles. The fraction of sp³-hybridized carbons (Fsp3) is 1.00. The highest BCUT2D eigenvalue weighted by Gasteiger charge is 2.12. The maximum atomic E-state index is 5.34. The van der Waals surface area contributed by atoms with E-state index in [9.17, 15) is 0 Å². The highest BCUT2D eigenvalue weighted by atomic mass is 35.5. The Morgan fingerprint density at radius 1 is 1.40 bits per heavy atom. The zero-order chi connectivity index (χ0) is 7.23. The Morgan fingerprint density at radius 2 is 2.10 bits per heavy atom. The minimum Gasteiger partial charge on any atom is -0.381 e. The molecule has 2 nitrogen and oxygen atoms in total. The lowest BCUT2D eigenvalue weighted by atomic mass is 9.97. The van der Waals surface area contributed by atoms with E-state index in [1.54, 1.807) is 0 Å². The first-order valence-electron chi connectivity index (χ1n) is 3.84. The first-order valence-corrected chi connectivity index (χ1v) is 4.22. The van der Waals surface area contributed by atoms with Gasteiger partial charge in [-0.15, -0.1) is 0 Å². The first kappa shape index (κ1) is 8.31. The monoisotopic (exact) mass is 163 g/mol. The van der Waals surface area contributed by atoms with Crippen molar-refractivity contribution in [2.24, 2.45) is 5.92 Å². The van der Waals surface area contributed by atoms with Crippen molar-refractivity contribution in [1.29, 1.82) is 0 Å². The normalized spacial score (nSPS) is 21.3. The molecule has 0 unspecified atom stereocenters. The smallest absolute Gasteiger partial charge is 0.0468 e. The van der Waals surface area contributed by atoms with Crippen LogP contribution in [0.4, 0.5) is 0 Å². The summed E-state index contributed by atoms with van der Waals surface area (Å²) in [7, 11) is 0. The molecule has 0 bridgehead atoms. The zero-order valence-corrected chi connectivity index (χ0v) is 6.86. The van der Waals surface area contributed by atoms with E-state index in [0.29, 0.717) is 0 Å². The Bertz CT molecular complexity index is 83.7. The molecule has 0 amide bonds. The lowest BCUT2D eigenvalue weighted by Crippen LogP contribution is -2.18. The molecule has 0 spiro atoms. The molecule has 0 aromatic carbocycles. The molecule has 1 aliphatic rings. The summed E-state index contributed by atoms with van der Waals surface area (Å²) in [6.07, 6.45) is 3.60. The van der Waals surface area contributed by atoms with E-state index in [-0.39, 0.29) is 0 Å². The average molecular weight is 164 g/mol. The Kier molecular flexibility index (Phi) is 4.10. The maximum absolute atomic E-state index is 5.34. The van der Waals surface area contributed by atoms with Gasteiger partial charge in [-0.3, -0.25) is 0 Å². The van der Waals surface area contributed by atoms with Crippen LogP contribution in [0.15, 0.2) is 0 Å². The molecule has 0 radical (unpaired) electrons. The molecule has 0 aromatic heterocycles. The third kappa shape index (κ3) is 2.86. The Labute approximate surface area is 67.0 Å². The third-order valence-electron chi connectivity index (χ3n) is 1.99. The van der Waals surface area contributed by atoms with E-state index in [1.807, 2.05) is 0 Å². The molecule has 1 aliphatic heterocycles. The number of hydrogen-bond donors (Lipinski definition) is 1. The summed E-state index contributed by atoms with van der Waals surface area (Å²) >= 11 is 5.34. The predicted octanol–water partition coefficient (Wildman–Crippen LogP) is 1.55. The number of rotatable bonds is 3. The van der Waals surface area contributed by atoms with Gasteiger partial charge in [0.15, 0.2) is 0 Å². The van der Waals surface area contributed by atoms with Crippen molar-refractivity contribution in [1.82, 2.24) is 4.84 Å². The second-order valence-electron chi connectivity index (χ2n) is 2.73. The van der Waals surface area contributed by atoms with Crippen LogP contribution >= 0.6 is 11.8 Å². The van der Waals surface area contributed by atoms with Crippen LogP contribution in [-0.2, 0) is 4.74 Å². The van der Waals surface area contributed by atoms with Gasteiger partial charge in [0.25, 0.3) is 0 Å². The molecule has 60 valence electrons. The summed E-state index contributed by atoms with van der Waals surface area (Å²) in [5, 5.41) is 0. The summed E-state index contributed by atoms with van der Waals surface area (Å²) < 4.78 is 5.23. The van der Waals surface area contributed by atoms with Crippen LogP contribution in [0.3, 0.4) is 0 Å². The zero-order valence-electron chi connectivity index (χ0n) is 6.11. The fourth-order valence-corrected chi connectivity index (χ4v) is 1.40. The van der Waals surface area contributed by atoms with Crippen molar-refractivity contribution >= 4 is 11.8 Å². The van der Waals surface area contributed by atoms with Crippen LogP contribution < -0.4 is 4.84 Å². The Morgan fingerprint density at radius 3 is 2.70 bits per heavy atom. The molecule has 1 N–H and O–H groups in total. The van der Waals surface area contributed by atoms with Crippen molar-refractivity contribution in [3.63, 3.8) is 0 Å². The van der Waals surface area contributed by atoms with Crippen molar-refractivity contribution in [2.45, 2.75) is 19.3 Å². The molecule has 0 aliphatic carbocycles. The number of hydrogen-bond acceptors (Lipinski definition) is 2. The summed E-state index contributed by atoms with van der Waals surface area (Å²) in [5.41, 5.74) is 0. The maximum Gasteiger partial charge on any atom is 0.0468 e. The SMILES string of the molecule is ClNCCC1CCOCC1. The highest BCUT2D eigenvalue weighted by Crippen LogP contribution is 2.17. The number of nitrogens with one attached hydrogen (secondary N) is 1. The van der Waals surface area contributed by atoms with E-state index in [0.717, 1.165) is 25.7 Å². The topological polar surface area (TPSA) is 21.3 Å². The van der Waals surface area contributed by atoms with Crippen LogP contribution in [-0.4, -0.2) is 19.8 Å². The van der Waals surface area contributed by atoms with Gasteiger partial charge in [-0.05, 0) is 37.0 Å². The Hall–Kier alpha value is 0.210. The summed E-state index contributed by atoms with van der Waals surface area (Å²) in [6.45, 7) is 2.80. The molecule has 0 saturated carbocycles. The van der Waals surface area contributed by atoms with E-state index in [2.05, 4.69) is 4.84 Å². The summed E-state index contributed by atoms with van der Waals surface area (Å²) in [4.78, 5) is 2.65. The fourth-order valence-electron chi connectivity index (χ4n) is 1.29. The lowest BCUT2D eigenvalue weighted by molar-refractivity contribution is 0.0644. The second-order valence-corrected chi connectivity index (χ2v) is 3.00. The van der Waals surface area contributed by atoms with Gasteiger partial charge in [0.05, 0.1) is 0 Å². The van der Waals surface area contributed by atoms with Gasteiger partial charge in [-0.2, -0.15) is 0 Å². The van der Waals surface area contributed by atoms with Gasteiger partial charge in [0.1, 0.15) is 0 Å². The molecule has 3 heteroatoms. The van der Waals surface area contributed by atoms with Gasteiger partial charge >= 0.3 is 0 Å². The first-order chi connectivity index (χ1) is 4.93. The van der Waals surface area contributed by atoms with Crippen LogP contribution in [0.25, 0.3) is 0 Å². The van der Waals surface area contributed by atoms with Crippen molar-refractivity contribution in [2.75, 3.05) is 19.8 Å². The second kappa shape index (κ2) is 4.94. The molecular formula is C7H14ClNO. The van der Waals surface area contributed by atoms with Gasteiger partial charge in [-0.1, -0.05) is 0 Å². The molecular weight excluding hydrogens is 150 g/mol. The Balaban J connectivity index is 2.02. The quantitative estimate of drug-likeness (QED) is 0.638. The van der Waals surface area contributed by atoms with Gasteiger partial charge < -0.3 is 4.74 Å². The van der Waals surface area contributed by atoms with Crippen LogP contribution in [0.2, 0.25) is 0 Å². The largest absolute Gasteiger partial charge is 0.381 e. The van der Waals surface area contributed by atoms with Gasteiger partial charge in [-0.25, -0.2) is 4.84 Å². The van der Waals surface area contributed by atoms with Crippen LogP contribution in [0, 0.1) is 5.92 Å². The minimum atomic E-state index is 0.833. The highest BCUT2D eigenvalue weighted by molar-refractivity contribution is 6.13. The number of ether oxygens (including phenoxy) is 1. The number of halogens is 1. The summed E-state index contributed by atoms with van der Waals surface area (Å²) in [6, 6.07) is 0. The van der Waals surface area contributed by atoms with E-state index < -0.39 is 0 Å². The van der Waals surface area contributed by atoms with Gasteiger partial charge in [0, 0.05) is 19.8 Å². The lowest BCUT2D eigenvalue weighted by Gasteiger charge is -2.21. The average Bonchev–Trinajstić information content (AvgIpc) is 2.03. The molecule has 1 heterocycles. The van der Waals surface area contributed by atoms with Crippen molar-refractivity contribution < 1.29 is 4.74 Å².